The van der Waals surface area contributed by atoms with Crippen LogP contribution in [0, 0.1) is 5.92 Å². The molecule has 0 saturated heterocycles. The first kappa shape index (κ1) is 20.8. The first-order chi connectivity index (χ1) is 13.2. The number of sulfonamides is 1. The van der Waals surface area contributed by atoms with Crippen LogP contribution in [-0.2, 0) is 10.0 Å². The summed E-state index contributed by atoms with van der Waals surface area (Å²) in [7, 11) is -3.72. The van der Waals surface area contributed by atoms with Gasteiger partial charge in [-0.25, -0.2) is 13.1 Å². The second kappa shape index (κ2) is 8.19. The van der Waals surface area contributed by atoms with Crippen molar-refractivity contribution in [2.45, 2.75) is 51.1 Å². The highest BCUT2D eigenvalue weighted by Gasteiger charge is 2.23. The highest BCUT2D eigenvalue weighted by atomic mass is 32.2. The van der Waals surface area contributed by atoms with E-state index in [-0.39, 0.29) is 21.9 Å². The summed E-state index contributed by atoms with van der Waals surface area (Å²) in [5.74, 6) is 0.334. The quantitative estimate of drug-likeness (QED) is 0.604. The molecule has 0 unspecified atom stereocenters. The molecule has 1 atom stereocenters. The second-order valence-corrected chi connectivity index (χ2v) is 10.4. The van der Waals surface area contributed by atoms with Crippen molar-refractivity contribution in [3.63, 3.8) is 0 Å². The Balaban J connectivity index is 1.98. The van der Waals surface area contributed by atoms with E-state index in [0.29, 0.717) is 17.0 Å². The largest absolute Gasteiger partial charge is 0.308 e. The van der Waals surface area contributed by atoms with Crippen molar-refractivity contribution in [1.29, 1.82) is 0 Å². The minimum atomic E-state index is -3.72. The van der Waals surface area contributed by atoms with Gasteiger partial charge in [0.15, 0.2) is 0 Å². The monoisotopic (exact) mass is 418 g/mol. The highest BCUT2D eigenvalue weighted by molar-refractivity contribution is 7.89. The molecule has 0 radical (unpaired) electrons. The molecule has 28 heavy (non-hydrogen) atoms. The summed E-state index contributed by atoms with van der Waals surface area (Å²) < 4.78 is 31.4. The summed E-state index contributed by atoms with van der Waals surface area (Å²) in [6, 6.07) is 14.2. The number of benzene rings is 2. The van der Waals surface area contributed by atoms with Crippen LogP contribution in [0.5, 0.6) is 0 Å². The number of hydrogen-bond acceptors (Lipinski definition) is 4. The van der Waals surface area contributed by atoms with Crippen molar-refractivity contribution < 1.29 is 8.42 Å². The third kappa shape index (κ3) is 4.37. The lowest BCUT2D eigenvalue weighted by Crippen LogP contribution is -2.29. The van der Waals surface area contributed by atoms with Crippen LogP contribution in [0.4, 0.5) is 0 Å². The predicted octanol–water partition coefficient (Wildman–Crippen LogP) is 4.71. The predicted molar refractivity (Wildman–Crippen MR) is 115 cm³/mol. The molecule has 0 saturated carbocycles. The Hall–Kier alpha value is -1.96. The molecule has 0 aliphatic carbocycles. The van der Waals surface area contributed by atoms with Gasteiger partial charge in [0.1, 0.15) is 0 Å². The van der Waals surface area contributed by atoms with Gasteiger partial charge in [-0.1, -0.05) is 55.5 Å². The van der Waals surface area contributed by atoms with Gasteiger partial charge < -0.3 is 0 Å². The Morgan fingerprint density at radius 2 is 1.71 bits per heavy atom. The average molecular weight is 419 g/mol. The van der Waals surface area contributed by atoms with Crippen LogP contribution in [0.1, 0.15) is 51.8 Å². The zero-order valence-electron chi connectivity index (χ0n) is 16.5. The number of fused-ring (bicyclic) bond motifs is 1. The smallest absolute Gasteiger partial charge is 0.296 e. The van der Waals surface area contributed by atoms with E-state index >= 15 is 0 Å². The molecular weight excluding hydrogens is 392 g/mol. The molecule has 3 aromatic rings. The van der Waals surface area contributed by atoms with Crippen LogP contribution in [0.15, 0.2) is 58.2 Å². The second-order valence-electron chi connectivity index (χ2n) is 7.68. The zero-order valence-corrected chi connectivity index (χ0v) is 18.2. The fourth-order valence-electron chi connectivity index (χ4n) is 3.34. The average Bonchev–Trinajstić information content (AvgIpc) is 2.96. The third-order valence-corrected chi connectivity index (χ3v) is 7.01. The fourth-order valence-corrected chi connectivity index (χ4v) is 5.73. The molecule has 0 amide bonds. The molecule has 150 valence electrons. The lowest BCUT2D eigenvalue weighted by molar-refractivity contribution is 0.472. The molecule has 0 fully saturated rings. The van der Waals surface area contributed by atoms with Crippen molar-refractivity contribution >= 4 is 31.6 Å². The van der Waals surface area contributed by atoms with E-state index in [9.17, 15) is 13.2 Å². The zero-order chi connectivity index (χ0) is 20.5. The molecular formula is C21H26N2O3S2. The van der Waals surface area contributed by atoms with E-state index in [4.69, 9.17) is 0 Å². The van der Waals surface area contributed by atoms with Crippen LogP contribution >= 0.6 is 11.3 Å². The van der Waals surface area contributed by atoms with E-state index in [1.165, 1.54) is 0 Å². The van der Waals surface area contributed by atoms with E-state index in [0.717, 1.165) is 22.4 Å². The summed E-state index contributed by atoms with van der Waals surface area (Å²) in [6.45, 7) is 8.02. The Morgan fingerprint density at radius 1 is 1.04 bits per heavy atom. The molecule has 2 aromatic carbocycles. The van der Waals surface area contributed by atoms with Gasteiger partial charge in [-0.3, -0.25) is 9.36 Å². The maximum absolute atomic E-state index is 13.1. The lowest BCUT2D eigenvalue weighted by Gasteiger charge is -2.21. The van der Waals surface area contributed by atoms with Crippen LogP contribution in [0.3, 0.4) is 0 Å². The van der Waals surface area contributed by atoms with Crippen LogP contribution in [-0.4, -0.2) is 13.0 Å². The third-order valence-electron chi connectivity index (χ3n) is 4.62. The molecule has 0 aliphatic rings. The van der Waals surface area contributed by atoms with E-state index in [1.54, 1.807) is 22.8 Å². The van der Waals surface area contributed by atoms with E-state index in [1.807, 2.05) is 44.2 Å². The standard InChI is InChI=1S/C21H26N2O3S2/c1-14(2)12-18(16-8-6-5-7-9-16)22-28(25,26)17-10-11-19-20(13-17)27-21(24)23(19)15(3)4/h5-11,13-15,18,22H,12H2,1-4H3/t18-/m1/s1. The summed E-state index contributed by atoms with van der Waals surface area (Å²) in [4.78, 5) is 12.3. The molecule has 3 rings (SSSR count). The van der Waals surface area contributed by atoms with Crippen molar-refractivity contribution in [2.75, 3.05) is 0 Å². The number of rotatable bonds is 7. The van der Waals surface area contributed by atoms with Gasteiger partial charge in [0.05, 0.1) is 15.1 Å². The highest BCUT2D eigenvalue weighted by Crippen LogP contribution is 2.27. The maximum atomic E-state index is 13.1. The van der Waals surface area contributed by atoms with Gasteiger partial charge in [0, 0.05) is 12.1 Å². The summed E-state index contributed by atoms with van der Waals surface area (Å²) in [5, 5.41) is 0. The van der Waals surface area contributed by atoms with Crippen LogP contribution in [0.2, 0.25) is 0 Å². The summed E-state index contributed by atoms with van der Waals surface area (Å²) >= 11 is 1.08. The van der Waals surface area contributed by atoms with Crippen LogP contribution in [0.25, 0.3) is 10.2 Å². The van der Waals surface area contributed by atoms with Gasteiger partial charge in [-0.15, -0.1) is 0 Å². The maximum Gasteiger partial charge on any atom is 0.308 e. The fraction of sp³-hybridized carbons (Fsp3) is 0.381. The Bertz CT molecular complexity index is 1110. The molecule has 7 heteroatoms. The Labute approximate surface area is 170 Å². The Kier molecular flexibility index (Phi) is 6.07. The number of nitrogens with zero attached hydrogens (tertiary/aromatic N) is 1. The number of hydrogen-bond donors (Lipinski definition) is 1. The minimum Gasteiger partial charge on any atom is -0.296 e. The van der Waals surface area contributed by atoms with Crippen molar-refractivity contribution in [3.8, 4) is 0 Å². The van der Waals surface area contributed by atoms with Crippen molar-refractivity contribution in [3.05, 3.63) is 63.8 Å². The van der Waals surface area contributed by atoms with Gasteiger partial charge in [-0.2, -0.15) is 0 Å². The first-order valence-corrected chi connectivity index (χ1v) is 11.7. The molecule has 5 nitrogen and oxygen atoms in total. The summed E-state index contributed by atoms with van der Waals surface area (Å²) in [5.41, 5.74) is 1.71. The van der Waals surface area contributed by atoms with E-state index < -0.39 is 10.0 Å². The van der Waals surface area contributed by atoms with Gasteiger partial charge in [-0.05, 0) is 49.9 Å². The molecule has 1 N–H and O–H groups in total. The van der Waals surface area contributed by atoms with Crippen molar-refractivity contribution in [2.24, 2.45) is 5.92 Å². The Morgan fingerprint density at radius 3 is 2.32 bits per heavy atom. The molecule has 1 heterocycles. The molecule has 0 bridgehead atoms. The van der Waals surface area contributed by atoms with Gasteiger partial charge in [0.25, 0.3) is 0 Å². The lowest BCUT2D eigenvalue weighted by atomic mass is 9.98. The summed E-state index contributed by atoms with van der Waals surface area (Å²) in [6.07, 6.45) is 0.697. The number of aromatic nitrogens is 1. The normalized spacial score (nSPS) is 13.5. The van der Waals surface area contributed by atoms with Crippen molar-refractivity contribution in [1.82, 2.24) is 9.29 Å². The van der Waals surface area contributed by atoms with Crippen LogP contribution < -0.4 is 9.60 Å². The van der Waals surface area contributed by atoms with E-state index in [2.05, 4.69) is 18.6 Å². The topological polar surface area (TPSA) is 68.2 Å². The van der Waals surface area contributed by atoms with Gasteiger partial charge in [0.2, 0.25) is 10.0 Å². The molecule has 0 spiro atoms. The molecule has 0 aliphatic heterocycles. The number of thiazole rings is 1. The minimum absolute atomic E-state index is 0.0235. The molecule has 1 aromatic heterocycles. The van der Waals surface area contributed by atoms with Gasteiger partial charge >= 0.3 is 4.87 Å². The SMILES string of the molecule is CC(C)C[C@@H](NS(=O)(=O)c1ccc2c(c1)sc(=O)n2C(C)C)c1ccccc1. The number of nitrogens with one attached hydrogen (secondary N) is 1. The first-order valence-electron chi connectivity index (χ1n) is 9.41.